The first kappa shape index (κ1) is 57.4. The van der Waals surface area contributed by atoms with Gasteiger partial charge in [-0.15, -0.1) is 0 Å². The Bertz CT molecular complexity index is 2250. The van der Waals surface area contributed by atoms with Crippen molar-refractivity contribution in [2.45, 2.75) is 270 Å². The van der Waals surface area contributed by atoms with Crippen molar-refractivity contribution in [3.05, 3.63) is 97.1 Å². The van der Waals surface area contributed by atoms with Gasteiger partial charge in [-0.25, -0.2) is 0 Å². The van der Waals surface area contributed by atoms with E-state index in [1.54, 1.807) is 34.2 Å². The summed E-state index contributed by atoms with van der Waals surface area (Å²) in [5, 5.41) is 6.14. The second-order valence-corrected chi connectivity index (χ2v) is 45.9. The largest absolute Gasteiger partial charge is 0.370 e. The average molecular weight is 1010 g/mol. The molecule has 4 aromatic carbocycles. The van der Waals surface area contributed by atoms with E-state index in [0.717, 1.165) is 0 Å². The predicted octanol–water partition coefficient (Wildman–Crippen LogP) is 22.6. The Morgan fingerprint density at radius 1 is 0.239 bits per heavy atom. The highest BCUT2D eigenvalue weighted by Gasteiger charge is 2.67. The van der Waals surface area contributed by atoms with Gasteiger partial charge in [0.15, 0.2) is 15.5 Å². The second kappa shape index (κ2) is 31.1. The van der Waals surface area contributed by atoms with Gasteiger partial charge in [0, 0.05) is 43.6 Å². The van der Waals surface area contributed by atoms with Gasteiger partial charge in [-0.3, -0.25) is 0 Å². The number of para-hydroxylation sites is 4. The third-order valence-corrected chi connectivity index (χ3v) is 57.8. The Kier molecular flexibility index (Phi) is 25.2. The van der Waals surface area contributed by atoms with Gasteiger partial charge in [-0.05, 0) is 48.4 Å². The molecule has 2 heterocycles. The van der Waals surface area contributed by atoms with E-state index in [1.807, 2.05) is 0 Å². The van der Waals surface area contributed by atoms with Crippen molar-refractivity contribution in [1.82, 2.24) is 8.47 Å². The van der Waals surface area contributed by atoms with Crippen LogP contribution in [0, 0.1) is 0 Å². The lowest BCUT2D eigenvalue weighted by molar-refractivity contribution is 0.618. The zero-order valence-corrected chi connectivity index (χ0v) is 50.1. The Hall–Kier alpha value is -2.87. The lowest BCUT2D eigenvalue weighted by Gasteiger charge is -2.60. The first-order chi connectivity index (χ1) is 35.0. The maximum atomic E-state index is 3.41. The minimum atomic E-state index is -2.51. The summed E-state index contributed by atoms with van der Waals surface area (Å²) < 4.78 is 6.81. The molecule has 6 rings (SSSR count). The predicted molar refractivity (Wildman–Crippen MR) is 328 cm³/mol. The number of aromatic nitrogens is 2. The zero-order chi connectivity index (χ0) is 50.0. The third-order valence-electron chi connectivity index (χ3n) is 18.0. The molecule has 392 valence electrons. The van der Waals surface area contributed by atoms with Crippen LogP contribution in [0.15, 0.2) is 97.1 Å². The van der Waals surface area contributed by atoms with Crippen LogP contribution in [0.3, 0.4) is 0 Å². The summed E-state index contributed by atoms with van der Waals surface area (Å²) in [7, 11) is -7.43. The summed E-state index contributed by atoms with van der Waals surface area (Å²) in [6, 6.07) is 49.1. The van der Waals surface area contributed by atoms with Crippen LogP contribution in [-0.4, -0.2) is 31.1 Å². The number of unbranched alkanes of at least 4 members (excludes halogenated alkanes) is 24. The molecule has 0 bridgehead atoms. The Morgan fingerprint density at radius 3 is 0.690 bits per heavy atom. The smallest absolute Gasteiger partial charge is 0.151 e. The Labute approximate surface area is 439 Å². The van der Waals surface area contributed by atoms with Crippen molar-refractivity contribution < 1.29 is 0 Å². The van der Waals surface area contributed by atoms with E-state index in [1.165, 1.54) is 238 Å². The molecule has 71 heavy (non-hydrogen) atoms. The minimum Gasteiger partial charge on any atom is -0.370 e. The normalized spacial score (nSPS) is 14.1. The maximum absolute atomic E-state index is 3.41. The van der Waals surface area contributed by atoms with E-state index in [4.69, 9.17) is 0 Å². The Morgan fingerprint density at radius 2 is 0.437 bits per heavy atom. The molecule has 0 saturated heterocycles. The molecule has 2 aromatic heterocycles. The molecule has 0 amide bonds. The van der Waals surface area contributed by atoms with Crippen LogP contribution in [0.4, 0.5) is 0 Å². The average Bonchev–Trinajstić information content (AvgIpc) is 3.93. The van der Waals surface area contributed by atoms with E-state index in [-0.39, 0.29) is 0 Å². The summed E-state index contributed by atoms with van der Waals surface area (Å²) in [5.41, 5.74) is 6.47. The van der Waals surface area contributed by atoms with Crippen molar-refractivity contribution >= 4 is 66.2 Å². The summed E-state index contributed by atoms with van der Waals surface area (Å²) >= 11 is 0. The molecule has 2 unspecified atom stereocenters. The number of benzene rings is 4. The van der Waals surface area contributed by atoms with Crippen LogP contribution >= 0.6 is 0 Å². The number of rotatable bonds is 40. The van der Waals surface area contributed by atoms with E-state index in [0.29, 0.717) is 0 Å². The van der Waals surface area contributed by atoms with Crippen LogP contribution in [0.5, 0.6) is 0 Å². The van der Waals surface area contributed by atoms with Crippen LogP contribution in [-0.2, 0) is 0 Å². The van der Waals surface area contributed by atoms with Crippen LogP contribution < -0.4 is 0 Å². The summed E-state index contributed by atoms with van der Waals surface area (Å²) in [4.78, 5) is 0. The van der Waals surface area contributed by atoms with Gasteiger partial charge < -0.3 is 8.47 Å². The molecule has 0 saturated carbocycles. The summed E-state index contributed by atoms with van der Waals surface area (Å²) in [6.07, 6.45) is 41.8. The zero-order valence-electron chi connectivity index (χ0n) is 47.1. The lowest BCUT2D eigenvalue weighted by Crippen LogP contribution is -2.82. The van der Waals surface area contributed by atoms with E-state index >= 15 is 0 Å². The van der Waals surface area contributed by atoms with Gasteiger partial charge in [-0.2, -0.15) is 0 Å². The van der Waals surface area contributed by atoms with Crippen LogP contribution in [0.2, 0.25) is 36.3 Å². The van der Waals surface area contributed by atoms with Crippen molar-refractivity contribution in [3.8, 4) is 0 Å². The van der Waals surface area contributed by atoms with Crippen molar-refractivity contribution in [2.75, 3.05) is 0 Å². The van der Waals surface area contributed by atoms with E-state index in [2.05, 4.69) is 147 Å². The molecule has 5 heteroatoms. The monoisotopic (exact) mass is 1010 g/mol. The standard InChI is InChI=1S/C66H106N2Si3/c1-7-13-19-25-30-42-56-70(55-41-27-21-15-9-3,68-65-51-37-33-47-61(65)62-48-34-38-52-66(62)68)71(57-43-28-22-16-10-4,58-44-29-23-17-11-5)69(53-39-24-18-12-6,54-40-26-20-14-8-2)67-63-49-35-31-45-59(63)60-46-32-36-50-64(60)67/h31-38,45-52H,7-30,39-44,53-58H2,1-6H3. The molecule has 0 spiro atoms. The Balaban J connectivity index is 1.84. The molecule has 2 nitrogen and oxygen atoms in total. The number of fused-ring (bicyclic) bond motifs is 6. The minimum absolute atomic E-state index is 1.31. The van der Waals surface area contributed by atoms with Gasteiger partial charge in [0.2, 0.25) is 0 Å². The highest BCUT2D eigenvalue weighted by atomic mass is 29.6. The van der Waals surface area contributed by atoms with Crippen molar-refractivity contribution in [1.29, 1.82) is 0 Å². The first-order valence-corrected chi connectivity index (χ1v) is 40.2. The van der Waals surface area contributed by atoms with Crippen molar-refractivity contribution in [2.24, 2.45) is 0 Å². The number of hydrogen-bond donors (Lipinski definition) is 0. The first-order valence-electron chi connectivity index (χ1n) is 31.0. The molecule has 0 aliphatic carbocycles. The topological polar surface area (TPSA) is 9.86 Å². The molecule has 0 aliphatic rings. The SMILES string of the molecule is CCCCCCCC[Si](CCCCCCC)(n1c2ccccc2c2ccccc21)[Si](CCCCCCC)(CCCCCCC)[Si](CCCCCC)(CCCCCCC)n1c2ccccc2c2ccccc21. The fourth-order valence-corrected chi connectivity index (χ4v) is 65.8. The van der Waals surface area contributed by atoms with E-state index < -0.39 is 22.6 Å². The molecule has 0 fully saturated rings. The molecule has 0 aliphatic heterocycles. The number of hydrogen-bond acceptors (Lipinski definition) is 0. The highest BCUT2D eigenvalue weighted by molar-refractivity contribution is 7.69. The van der Waals surface area contributed by atoms with Gasteiger partial charge in [0.1, 0.15) is 0 Å². The summed E-state index contributed by atoms with van der Waals surface area (Å²) in [5.74, 6) is 0. The molecule has 0 radical (unpaired) electrons. The van der Waals surface area contributed by atoms with Crippen molar-refractivity contribution in [3.63, 3.8) is 0 Å². The number of nitrogens with zero attached hydrogens (tertiary/aromatic N) is 2. The van der Waals surface area contributed by atoms with E-state index in [9.17, 15) is 0 Å². The molecule has 0 N–H and O–H groups in total. The van der Waals surface area contributed by atoms with Gasteiger partial charge in [0.25, 0.3) is 0 Å². The highest BCUT2D eigenvalue weighted by Crippen LogP contribution is 2.54. The third kappa shape index (κ3) is 13.9. The van der Waals surface area contributed by atoms with Crippen LogP contribution in [0.25, 0.3) is 43.6 Å². The molecule has 6 aromatic rings. The molecule has 2 atom stereocenters. The fraction of sp³-hybridized carbons (Fsp3) is 0.636. The quantitative estimate of drug-likeness (QED) is 0.0268. The van der Waals surface area contributed by atoms with Gasteiger partial charge in [0.05, 0.1) is 7.11 Å². The second-order valence-electron chi connectivity index (χ2n) is 22.9. The van der Waals surface area contributed by atoms with Gasteiger partial charge >= 0.3 is 0 Å². The maximum Gasteiger partial charge on any atom is 0.151 e. The summed E-state index contributed by atoms with van der Waals surface area (Å²) in [6.45, 7) is 14.6. The molecular formula is C66H106N2Si3. The molecular weight excluding hydrogens is 905 g/mol. The lowest BCUT2D eigenvalue weighted by atomic mass is 10.1. The fourth-order valence-electron chi connectivity index (χ4n) is 14.5. The van der Waals surface area contributed by atoms with Gasteiger partial charge in [-0.1, -0.05) is 319 Å². The van der Waals surface area contributed by atoms with Crippen LogP contribution in [0.1, 0.15) is 234 Å².